The summed E-state index contributed by atoms with van der Waals surface area (Å²) in [5, 5.41) is 0.253. The van der Waals surface area contributed by atoms with Crippen molar-refractivity contribution in [2.75, 3.05) is 6.61 Å². The number of carbonyl (C=O) groups excluding carboxylic acids is 1. The molecule has 0 amide bonds. The topological polar surface area (TPSA) is 95.7 Å². The fraction of sp³-hybridized carbons (Fsp3) is 0.0909. The lowest BCUT2D eigenvalue weighted by molar-refractivity contribution is 0.0521. The lowest BCUT2D eigenvalue weighted by Gasteiger charge is -2.12. The van der Waals surface area contributed by atoms with Crippen molar-refractivity contribution in [2.24, 2.45) is 0 Å². The van der Waals surface area contributed by atoms with Crippen LogP contribution in [-0.2, 0) is 14.9 Å². The molecule has 3 aromatic carbocycles. The molecule has 0 saturated carbocycles. The van der Waals surface area contributed by atoms with E-state index in [0.717, 1.165) is 0 Å². The molecule has 158 valence electrons. The van der Waals surface area contributed by atoms with Gasteiger partial charge in [-0.25, -0.2) is 9.78 Å². The molecule has 0 aliphatic carbocycles. The Morgan fingerprint density at radius 2 is 1.81 bits per heavy atom. The van der Waals surface area contributed by atoms with Crippen LogP contribution in [0.4, 0.5) is 0 Å². The Bertz CT molecular complexity index is 1350. The first-order valence-corrected chi connectivity index (χ1v) is 11.0. The quantitative estimate of drug-likeness (QED) is 0.294. The van der Waals surface area contributed by atoms with Gasteiger partial charge in [-0.2, -0.15) is 8.42 Å². The summed E-state index contributed by atoms with van der Waals surface area (Å²) in [6.45, 7) is 1.73. The number of aromatic nitrogens is 1. The molecule has 1 aromatic heterocycles. The Labute approximate surface area is 183 Å². The normalized spacial score (nSPS) is 11.4. The second kappa shape index (κ2) is 8.41. The first-order chi connectivity index (χ1) is 14.9. The highest BCUT2D eigenvalue weighted by Crippen LogP contribution is 2.36. The van der Waals surface area contributed by atoms with Gasteiger partial charge < -0.3 is 13.3 Å². The van der Waals surface area contributed by atoms with Gasteiger partial charge in [-0.3, -0.25) is 0 Å². The summed E-state index contributed by atoms with van der Waals surface area (Å²) in [5.41, 5.74) is 1.30. The molecular weight excluding hydrogens is 442 g/mol. The maximum atomic E-state index is 13.1. The third kappa shape index (κ3) is 4.26. The van der Waals surface area contributed by atoms with Gasteiger partial charge in [0.15, 0.2) is 11.3 Å². The molecule has 31 heavy (non-hydrogen) atoms. The monoisotopic (exact) mass is 457 g/mol. The summed E-state index contributed by atoms with van der Waals surface area (Å²) in [7, 11) is -4.41. The first kappa shape index (κ1) is 20.9. The lowest BCUT2D eigenvalue weighted by Crippen LogP contribution is -2.16. The number of oxazole rings is 1. The number of para-hydroxylation sites is 2. The number of halogens is 1. The van der Waals surface area contributed by atoms with Gasteiger partial charge in [0, 0.05) is 11.1 Å². The van der Waals surface area contributed by atoms with Crippen LogP contribution in [-0.4, -0.2) is 26.0 Å². The van der Waals surface area contributed by atoms with Crippen molar-refractivity contribution in [1.82, 2.24) is 4.98 Å². The van der Waals surface area contributed by atoms with Gasteiger partial charge >= 0.3 is 16.1 Å². The zero-order valence-corrected chi connectivity index (χ0v) is 17.8. The van der Waals surface area contributed by atoms with E-state index in [-0.39, 0.29) is 39.3 Å². The first-order valence-electron chi connectivity index (χ1n) is 9.25. The molecule has 0 radical (unpaired) electrons. The maximum absolute atomic E-state index is 13.1. The molecule has 1 heterocycles. The lowest BCUT2D eigenvalue weighted by atomic mass is 10.2. The molecular formula is C22H16ClNO6S. The molecule has 0 unspecified atom stereocenters. The third-order valence-electron chi connectivity index (χ3n) is 4.32. The Kier molecular flexibility index (Phi) is 5.67. The summed E-state index contributed by atoms with van der Waals surface area (Å²) in [5.74, 6) is -0.685. The van der Waals surface area contributed by atoms with Crippen LogP contribution in [0, 0.1) is 0 Å². The van der Waals surface area contributed by atoms with Crippen LogP contribution in [0.15, 0.2) is 76.0 Å². The fourth-order valence-electron chi connectivity index (χ4n) is 2.95. The van der Waals surface area contributed by atoms with Crippen molar-refractivity contribution in [3.8, 4) is 17.2 Å². The highest BCUT2D eigenvalue weighted by molar-refractivity contribution is 7.87. The number of esters is 1. The van der Waals surface area contributed by atoms with Crippen molar-refractivity contribution in [3.05, 3.63) is 77.3 Å². The van der Waals surface area contributed by atoms with Crippen molar-refractivity contribution >= 4 is 38.8 Å². The zero-order chi connectivity index (χ0) is 22.0. The number of benzene rings is 3. The molecule has 4 rings (SSSR count). The fourth-order valence-corrected chi connectivity index (χ4v) is 4.25. The van der Waals surface area contributed by atoms with Crippen LogP contribution in [0.3, 0.4) is 0 Å². The maximum Gasteiger partial charge on any atom is 0.340 e. The average molecular weight is 458 g/mol. The second-order valence-electron chi connectivity index (χ2n) is 6.38. The minimum absolute atomic E-state index is 0.0854. The van der Waals surface area contributed by atoms with E-state index in [0.29, 0.717) is 11.1 Å². The van der Waals surface area contributed by atoms with E-state index < -0.39 is 16.1 Å². The van der Waals surface area contributed by atoms with Gasteiger partial charge in [0.05, 0.1) is 17.7 Å². The van der Waals surface area contributed by atoms with E-state index in [2.05, 4.69) is 4.98 Å². The molecule has 9 heteroatoms. The zero-order valence-electron chi connectivity index (χ0n) is 16.2. The van der Waals surface area contributed by atoms with E-state index in [1.165, 1.54) is 30.3 Å². The SMILES string of the molecule is CCOC(=O)c1ccccc1S(=O)(=O)Oc1cc(Cl)ccc1-c1nc2ccccc2o1. The molecule has 0 aliphatic rings. The van der Waals surface area contributed by atoms with Crippen molar-refractivity contribution in [2.45, 2.75) is 11.8 Å². The number of nitrogens with zero attached hydrogens (tertiary/aromatic N) is 1. The molecule has 0 bridgehead atoms. The van der Waals surface area contributed by atoms with Gasteiger partial charge in [0.25, 0.3) is 0 Å². The van der Waals surface area contributed by atoms with Gasteiger partial charge in [0.1, 0.15) is 10.4 Å². The highest BCUT2D eigenvalue weighted by Gasteiger charge is 2.27. The van der Waals surface area contributed by atoms with Crippen LogP contribution in [0.1, 0.15) is 17.3 Å². The van der Waals surface area contributed by atoms with Gasteiger partial charge in [-0.1, -0.05) is 35.9 Å². The second-order valence-corrected chi connectivity index (χ2v) is 8.33. The van der Waals surface area contributed by atoms with Crippen molar-refractivity contribution < 1.29 is 26.5 Å². The van der Waals surface area contributed by atoms with E-state index in [1.54, 1.807) is 37.3 Å². The molecule has 4 aromatic rings. The Morgan fingerprint density at radius 3 is 2.58 bits per heavy atom. The van der Waals surface area contributed by atoms with Crippen molar-refractivity contribution in [1.29, 1.82) is 0 Å². The number of carbonyl (C=O) groups is 1. The Hall–Kier alpha value is -3.36. The molecule has 0 N–H and O–H groups in total. The summed E-state index contributed by atoms with van der Waals surface area (Å²) in [6.07, 6.45) is 0. The number of fused-ring (bicyclic) bond motifs is 1. The van der Waals surface area contributed by atoms with Crippen molar-refractivity contribution in [3.63, 3.8) is 0 Å². The number of hydrogen-bond acceptors (Lipinski definition) is 7. The number of hydrogen-bond donors (Lipinski definition) is 0. The molecule has 0 spiro atoms. The van der Waals surface area contributed by atoms with Crippen LogP contribution in [0.25, 0.3) is 22.6 Å². The predicted molar refractivity (Wildman–Crippen MR) is 115 cm³/mol. The molecule has 0 fully saturated rings. The standard InChI is InChI=1S/C22H16ClNO6S/c1-2-28-22(25)16-7-3-6-10-20(16)31(26,27)30-19-13-14(23)11-12-15(19)21-24-17-8-4-5-9-18(17)29-21/h3-13H,2H2,1H3. The third-order valence-corrected chi connectivity index (χ3v) is 5.85. The Morgan fingerprint density at radius 1 is 1.06 bits per heavy atom. The van der Waals surface area contributed by atoms with Crippen LogP contribution >= 0.6 is 11.6 Å². The average Bonchev–Trinajstić information content (AvgIpc) is 3.17. The minimum atomic E-state index is -4.41. The van der Waals surface area contributed by atoms with Gasteiger partial charge in [-0.15, -0.1) is 0 Å². The van der Waals surface area contributed by atoms with Gasteiger partial charge in [-0.05, 0) is 43.3 Å². The smallest absolute Gasteiger partial charge is 0.340 e. The highest BCUT2D eigenvalue weighted by atomic mass is 35.5. The molecule has 0 saturated heterocycles. The van der Waals surface area contributed by atoms with Gasteiger partial charge in [0.2, 0.25) is 5.89 Å². The van der Waals surface area contributed by atoms with E-state index in [4.69, 9.17) is 24.9 Å². The predicted octanol–water partition coefficient (Wildman–Crippen LogP) is 5.09. The van der Waals surface area contributed by atoms with E-state index in [9.17, 15) is 13.2 Å². The summed E-state index contributed by atoms with van der Waals surface area (Å²) in [6, 6.07) is 17.2. The van der Waals surface area contributed by atoms with E-state index >= 15 is 0 Å². The summed E-state index contributed by atoms with van der Waals surface area (Å²) < 4.78 is 42.2. The van der Waals surface area contributed by atoms with Crippen LogP contribution < -0.4 is 4.18 Å². The minimum Gasteiger partial charge on any atom is -0.462 e. The Balaban J connectivity index is 1.78. The molecule has 7 nitrogen and oxygen atoms in total. The number of rotatable bonds is 6. The molecule has 0 atom stereocenters. The summed E-state index contributed by atoms with van der Waals surface area (Å²) in [4.78, 5) is 16.3. The molecule has 0 aliphatic heterocycles. The van der Waals surface area contributed by atoms with Crippen LogP contribution in [0.5, 0.6) is 5.75 Å². The summed E-state index contributed by atoms with van der Waals surface area (Å²) >= 11 is 6.08. The number of ether oxygens (including phenoxy) is 1. The van der Waals surface area contributed by atoms with Crippen LogP contribution in [0.2, 0.25) is 5.02 Å². The van der Waals surface area contributed by atoms with E-state index in [1.807, 2.05) is 6.07 Å². The largest absolute Gasteiger partial charge is 0.462 e.